The lowest BCUT2D eigenvalue weighted by atomic mass is 10.1. The Morgan fingerprint density at radius 2 is 1.44 bits per heavy atom. The smallest absolute Gasteiger partial charge is 0.199 e. The largest absolute Gasteiger partial charge is 0.493 e. The van der Waals surface area contributed by atoms with Gasteiger partial charge in [-0.1, -0.05) is 0 Å². The molecular formula is C10H3BrF5NO. The molecule has 1 aromatic carbocycles. The minimum absolute atomic E-state index is 0.504. The molecule has 2 aromatic rings. The van der Waals surface area contributed by atoms with Crippen molar-refractivity contribution in [3.63, 3.8) is 0 Å². The Kier molecular flexibility index (Phi) is 3.14. The van der Waals surface area contributed by atoms with E-state index in [0.29, 0.717) is 0 Å². The van der Waals surface area contributed by atoms with E-state index in [1.165, 1.54) is 0 Å². The summed E-state index contributed by atoms with van der Waals surface area (Å²) in [5.74, 6) is -9.46. The van der Waals surface area contributed by atoms with Gasteiger partial charge in [0.25, 0.3) is 0 Å². The van der Waals surface area contributed by atoms with Crippen molar-refractivity contribution >= 4 is 26.8 Å². The zero-order valence-electron chi connectivity index (χ0n) is 8.62. The summed E-state index contributed by atoms with van der Waals surface area (Å²) in [5.41, 5.74) is -0.864. The van der Waals surface area contributed by atoms with Gasteiger partial charge in [-0.25, -0.2) is 22.5 Å². The van der Waals surface area contributed by atoms with E-state index in [0.717, 1.165) is 7.11 Å². The minimum atomic E-state index is -2.05. The second kappa shape index (κ2) is 4.34. The molecule has 0 radical (unpaired) electrons. The molecule has 1 heterocycles. The normalized spacial score (nSPS) is 11.1. The van der Waals surface area contributed by atoms with Crippen LogP contribution in [0.25, 0.3) is 10.9 Å². The Labute approximate surface area is 106 Å². The maximum absolute atomic E-state index is 13.5. The van der Waals surface area contributed by atoms with Crippen molar-refractivity contribution in [2.75, 3.05) is 7.11 Å². The number of aromatic nitrogens is 1. The van der Waals surface area contributed by atoms with Gasteiger partial charge in [-0.2, -0.15) is 4.39 Å². The van der Waals surface area contributed by atoms with E-state index < -0.39 is 50.3 Å². The molecule has 0 spiro atoms. The molecule has 0 saturated carbocycles. The van der Waals surface area contributed by atoms with Crippen LogP contribution in [0, 0.1) is 29.1 Å². The van der Waals surface area contributed by atoms with Gasteiger partial charge in [0.2, 0.25) is 0 Å². The predicted molar refractivity (Wildman–Crippen MR) is 55.8 cm³/mol. The Morgan fingerprint density at radius 3 is 2.00 bits per heavy atom. The summed E-state index contributed by atoms with van der Waals surface area (Å²) in [6.45, 7) is 0. The van der Waals surface area contributed by atoms with Gasteiger partial charge in [0, 0.05) is 0 Å². The Bertz CT molecular complexity index is 661. The quantitative estimate of drug-likeness (QED) is 0.345. The molecule has 0 N–H and O–H groups in total. The topological polar surface area (TPSA) is 22.1 Å². The molecule has 2 rings (SSSR count). The van der Waals surface area contributed by atoms with Crippen LogP contribution in [0.5, 0.6) is 5.75 Å². The number of halogens is 6. The van der Waals surface area contributed by atoms with Crippen molar-refractivity contribution in [2.45, 2.75) is 0 Å². The zero-order valence-corrected chi connectivity index (χ0v) is 10.2. The minimum Gasteiger partial charge on any atom is -0.493 e. The third kappa shape index (κ3) is 1.63. The number of methoxy groups -OCH3 is 1. The van der Waals surface area contributed by atoms with Gasteiger partial charge >= 0.3 is 0 Å². The summed E-state index contributed by atoms with van der Waals surface area (Å²) in [6, 6.07) is 0. The van der Waals surface area contributed by atoms with Crippen LogP contribution < -0.4 is 4.74 Å². The highest BCUT2D eigenvalue weighted by Crippen LogP contribution is 2.36. The lowest BCUT2D eigenvalue weighted by Gasteiger charge is -2.10. The van der Waals surface area contributed by atoms with Gasteiger partial charge in [-0.15, -0.1) is 0 Å². The van der Waals surface area contributed by atoms with Crippen molar-refractivity contribution in [3.05, 3.63) is 33.7 Å². The highest BCUT2D eigenvalue weighted by Gasteiger charge is 2.27. The summed E-state index contributed by atoms with van der Waals surface area (Å²) < 4.78 is 70.6. The van der Waals surface area contributed by atoms with Crippen molar-refractivity contribution in [3.8, 4) is 5.75 Å². The zero-order chi connectivity index (χ0) is 13.6. The Morgan fingerprint density at radius 1 is 0.889 bits per heavy atom. The monoisotopic (exact) mass is 327 g/mol. The van der Waals surface area contributed by atoms with Crippen LogP contribution in [-0.4, -0.2) is 12.1 Å². The fourth-order valence-corrected chi connectivity index (χ4v) is 1.83. The molecule has 8 heteroatoms. The molecule has 0 atom stereocenters. The lowest BCUT2D eigenvalue weighted by molar-refractivity contribution is 0.381. The number of rotatable bonds is 1. The van der Waals surface area contributed by atoms with Crippen LogP contribution >= 0.6 is 15.9 Å². The summed E-state index contributed by atoms with van der Waals surface area (Å²) in [7, 11) is 0.975. The first-order valence-corrected chi connectivity index (χ1v) is 5.24. The van der Waals surface area contributed by atoms with E-state index in [-0.39, 0.29) is 0 Å². The fourth-order valence-electron chi connectivity index (χ4n) is 1.47. The number of hydrogen-bond acceptors (Lipinski definition) is 2. The molecule has 0 bridgehead atoms. The fraction of sp³-hybridized carbons (Fsp3) is 0.100. The van der Waals surface area contributed by atoms with Gasteiger partial charge in [0.1, 0.15) is 10.1 Å². The molecule has 0 saturated heterocycles. The average molecular weight is 328 g/mol. The van der Waals surface area contributed by atoms with Gasteiger partial charge < -0.3 is 4.74 Å². The Balaban J connectivity index is 3.11. The van der Waals surface area contributed by atoms with E-state index in [4.69, 9.17) is 0 Å². The van der Waals surface area contributed by atoms with Crippen LogP contribution in [0.1, 0.15) is 0 Å². The van der Waals surface area contributed by atoms with Crippen LogP contribution in [0.15, 0.2) is 4.60 Å². The number of pyridine rings is 1. The van der Waals surface area contributed by atoms with Crippen LogP contribution in [-0.2, 0) is 0 Å². The summed E-state index contributed by atoms with van der Waals surface area (Å²) >= 11 is 2.64. The number of hydrogen-bond donors (Lipinski definition) is 0. The third-order valence-corrected chi connectivity index (χ3v) is 2.79. The van der Waals surface area contributed by atoms with Gasteiger partial charge in [0.15, 0.2) is 34.8 Å². The number of nitrogens with zero attached hydrogens (tertiary/aromatic N) is 1. The first-order chi connectivity index (χ1) is 8.40. The second-order valence-corrected chi connectivity index (χ2v) is 3.98. The highest BCUT2D eigenvalue weighted by atomic mass is 79.9. The molecular weight excluding hydrogens is 325 g/mol. The van der Waals surface area contributed by atoms with Gasteiger partial charge in [0.05, 0.1) is 12.5 Å². The van der Waals surface area contributed by atoms with E-state index in [9.17, 15) is 22.0 Å². The van der Waals surface area contributed by atoms with Gasteiger partial charge in [-0.3, -0.25) is 0 Å². The number of fused-ring (bicyclic) bond motifs is 1. The molecule has 2 nitrogen and oxygen atoms in total. The molecule has 0 aliphatic rings. The number of benzene rings is 1. The van der Waals surface area contributed by atoms with E-state index in [1.807, 2.05) is 0 Å². The van der Waals surface area contributed by atoms with E-state index in [2.05, 4.69) is 25.7 Å². The van der Waals surface area contributed by atoms with E-state index in [1.54, 1.807) is 0 Å². The first-order valence-electron chi connectivity index (χ1n) is 4.44. The standard InChI is InChI=1S/C10H3BrF5NO/c1-18-9-2-3(12)4(13)5(14)6(15)8(2)17-10(11)7(9)16/h1H3. The van der Waals surface area contributed by atoms with Crippen LogP contribution in [0.4, 0.5) is 22.0 Å². The van der Waals surface area contributed by atoms with Crippen LogP contribution in [0.3, 0.4) is 0 Å². The second-order valence-electron chi connectivity index (χ2n) is 3.23. The molecule has 1 aromatic heterocycles. The predicted octanol–water partition coefficient (Wildman–Crippen LogP) is 3.70. The first kappa shape index (κ1) is 13.0. The summed E-state index contributed by atoms with van der Waals surface area (Å²) in [6.07, 6.45) is 0. The number of ether oxygens (including phenoxy) is 1. The van der Waals surface area contributed by atoms with Crippen molar-refractivity contribution < 1.29 is 26.7 Å². The molecule has 0 fully saturated rings. The molecule has 0 aliphatic heterocycles. The lowest BCUT2D eigenvalue weighted by Crippen LogP contribution is -2.04. The SMILES string of the molecule is COc1c(F)c(Br)nc2c(F)c(F)c(F)c(F)c12. The van der Waals surface area contributed by atoms with Crippen molar-refractivity contribution in [1.29, 1.82) is 0 Å². The molecule has 0 aliphatic carbocycles. The molecule has 0 amide bonds. The van der Waals surface area contributed by atoms with Crippen LogP contribution in [0.2, 0.25) is 0 Å². The highest BCUT2D eigenvalue weighted by molar-refractivity contribution is 9.10. The van der Waals surface area contributed by atoms with Gasteiger partial charge in [-0.05, 0) is 15.9 Å². The average Bonchev–Trinajstić information content (AvgIpc) is 2.36. The third-order valence-electron chi connectivity index (χ3n) is 2.26. The molecule has 96 valence electrons. The molecule has 18 heavy (non-hydrogen) atoms. The summed E-state index contributed by atoms with van der Waals surface area (Å²) in [5, 5.41) is -0.894. The molecule has 0 unspecified atom stereocenters. The summed E-state index contributed by atoms with van der Waals surface area (Å²) in [4.78, 5) is 3.29. The Hall–Kier alpha value is -1.44. The van der Waals surface area contributed by atoms with E-state index >= 15 is 0 Å². The maximum Gasteiger partial charge on any atom is 0.199 e. The van der Waals surface area contributed by atoms with Crippen molar-refractivity contribution in [2.24, 2.45) is 0 Å². The maximum atomic E-state index is 13.5. The van der Waals surface area contributed by atoms with Crippen molar-refractivity contribution in [1.82, 2.24) is 4.98 Å².